The Morgan fingerprint density at radius 3 is 1.45 bits per heavy atom. The van der Waals surface area contributed by atoms with Gasteiger partial charge in [-0.1, -0.05) is 12.1 Å². The van der Waals surface area contributed by atoms with Gasteiger partial charge in [-0.05, 0) is 26.0 Å². The number of rotatable bonds is 3. The summed E-state index contributed by atoms with van der Waals surface area (Å²) in [6.45, 7) is 6.22. The fraction of sp³-hybridized carbons (Fsp3) is 0.250. The second-order valence-corrected chi connectivity index (χ2v) is 4.82. The maximum Gasteiger partial charge on any atom is 0.309 e. The smallest absolute Gasteiger partial charge is 0.309 e. The first-order chi connectivity index (χ1) is 10.4. The molecule has 0 aliphatic heterocycles. The SMILES string of the molecule is CC(=O)Oc1nc(-c2ccc(C)c(OC(C)=O)n2)ccc1C. The molecule has 0 fully saturated rings. The second-order valence-electron chi connectivity index (χ2n) is 4.82. The normalized spacial score (nSPS) is 10.2. The monoisotopic (exact) mass is 300 g/mol. The van der Waals surface area contributed by atoms with Gasteiger partial charge in [0.1, 0.15) is 0 Å². The van der Waals surface area contributed by atoms with Gasteiger partial charge in [0.05, 0.1) is 11.4 Å². The van der Waals surface area contributed by atoms with Crippen LogP contribution in [0.4, 0.5) is 0 Å². The van der Waals surface area contributed by atoms with Gasteiger partial charge in [0.2, 0.25) is 11.8 Å². The van der Waals surface area contributed by atoms with Crippen molar-refractivity contribution < 1.29 is 19.1 Å². The number of pyridine rings is 2. The first-order valence-corrected chi connectivity index (χ1v) is 6.69. The predicted octanol–water partition coefficient (Wildman–Crippen LogP) is 2.61. The molecule has 0 aromatic carbocycles. The highest BCUT2D eigenvalue weighted by Crippen LogP contribution is 2.25. The van der Waals surface area contributed by atoms with Crippen LogP contribution in [0, 0.1) is 13.8 Å². The minimum Gasteiger partial charge on any atom is -0.407 e. The zero-order chi connectivity index (χ0) is 16.3. The van der Waals surface area contributed by atoms with E-state index in [0.717, 1.165) is 11.1 Å². The predicted molar refractivity (Wildman–Crippen MR) is 79.6 cm³/mol. The zero-order valence-electron chi connectivity index (χ0n) is 12.8. The second kappa shape index (κ2) is 6.34. The lowest BCUT2D eigenvalue weighted by Crippen LogP contribution is -2.06. The molecule has 0 N–H and O–H groups in total. The maximum absolute atomic E-state index is 11.1. The van der Waals surface area contributed by atoms with Crippen LogP contribution < -0.4 is 9.47 Å². The molecule has 114 valence electrons. The number of esters is 2. The summed E-state index contributed by atoms with van der Waals surface area (Å²) in [5.74, 6) is -0.404. The first kappa shape index (κ1) is 15.6. The lowest BCUT2D eigenvalue weighted by atomic mass is 10.2. The summed E-state index contributed by atoms with van der Waals surface area (Å²) in [4.78, 5) is 30.8. The van der Waals surface area contributed by atoms with Crippen LogP contribution in [0.3, 0.4) is 0 Å². The third-order valence-electron chi connectivity index (χ3n) is 2.84. The maximum atomic E-state index is 11.1. The van der Waals surface area contributed by atoms with E-state index < -0.39 is 11.9 Å². The third-order valence-corrected chi connectivity index (χ3v) is 2.84. The van der Waals surface area contributed by atoms with Crippen molar-refractivity contribution in [3.05, 3.63) is 35.4 Å². The molecule has 22 heavy (non-hydrogen) atoms. The lowest BCUT2D eigenvalue weighted by molar-refractivity contribution is -0.133. The van der Waals surface area contributed by atoms with Gasteiger partial charge < -0.3 is 9.47 Å². The van der Waals surface area contributed by atoms with Gasteiger partial charge in [-0.2, -0.15) is 0 Å². The number of hydrogen-bond donors (Lipinski definition) is 0. The van der Waals surface area contributed by atoms with Gasteiger partial charge in [-0.3, -0.25) is 9.59 Å². The van der Waals surface area contributed by atoms with E-state index in [-0.39, 0.29) is 11.8 Å². The molecule has 0 radical (unpaired) electrons. The molecule has 0 spiro atoms. The van der Waals surface area contributed by atoms with Gasteiger partial charge in [0.25, 0.3) is 0 Å². The molecule has 0 atom stereocenters. The summed E-state index contributed by atoms with van der Waals surface area (Å²) in [6, 6.07) is 7.09. The van der Waals surface area contributed by atoms with E-state index in [4.69, 9.17) is 9.47 Å². The molecule has 0 bridgehead atoms. The summed E-state index contributed by atoms with van der Waals surface area (Å²) in [6.07, 6.45) is 0. The molecule has 2 heterocycles. The van der Waals surface area contributed by atoms with Crippen molar-refractivity contribution in [1.29, 1.82) is 0 Å². The Hall–Kier alpha value is -2.76. The molecule has 0 aliphatic carbocycles. The lowest BCUT2D eigenvalue weighted by Gasteiger charge is -2.09. The number of aryl methyl sites for hydroxylation is 2. The van der Waals surface area contributed by atoms with Gasteiger partial charge in [0.15, 0.2) is 0 Å². The van der Waals surface area contributed by atoms with Crippen molar-refractivity contribution >= 4 is 11.9 Å². The Balaban J connectivity index is 2.43. The van der Waals surface area contributed by atoms with Crippen LogP contribution in [-0.2, 0) is 9.59 Å². The van der Waals surface area contributed by atoms with Crippen molar-refractivity contribution in [2.75, 3.05) is 0 Å². The van der Waals surface area contributed by atoms with Crippen LogP contribution in [0.1, 0.15) is 25.0 Å². The van der Waals surface area contributed by atoms with E-state index >= 15 is 0 Å². The number of hydrogen-bond acceptors (Lipinski definition) is 6. The Labute approximate surface area is 128 Å². The standard InChI is InChI=1S/C16H16N2O4/c1-9-5-7-13(17-15(9)21-11(3)19)14-8-6-10(2)16(18-14)22-12(4)20/h5-8H,1-4H3. The molecule has 2 aromatic heterocycles. The molecule has 0 amide bonds. The molecule has 0 saturated heterocycles. The van der Waals surface area contributed by atoms with Gasteiger partial charge in [-0.25, -0.2) is 9.97 Å². The molecule has 0 saturated carbocycles. The van der Waals surface area contributed by atoms with Crippen LogP contribution in [0.25, 0.3) is 11.4 Å². The molecule has 2 aromatic rings. The molecular weight excluding hydrogens is 284 g/mol. The molecule has 6 heteroatoms. The number of ether oxygens (including phenoxy) is 2. The van der Waals surface area contributed by atoms with E-state index in [1.165, 1.54) is 13.8 Å². The number of nitrogens with zero attached hydrogens (tertiary/aromatic N) is 2. The highest BCUT2D eigenvalue weighted by atomic mass is 16.5. The molecule has 2 rings (SSSR count). The summed E-state index contributed by atoms with van der Waals surface area (Å²) in [7, 11) is 0. The van der Waals surface area contributed by atoms with Gasteiger partial charge in [0, 0.05) is 25.0 Å². The topological polar surface area (TPSA) is 78.4 Å². The fourth-order valence-electron chi connectivity index (χ4n) is 1.78. The van der Waals surface area contributed by atoms with Crippen molar-refractivity contribution in [3.8, 4) is 23.1 Å². The van der Waals surface area contributed by atoms with Gasteiger partial charge >= 0.3 is 11.9 Å². The minimum absolute atomic E-state index is 0.237. The fourth-order valence-corrected chi connectivity index (χ4v) is 1.78. The van der Waals surface area contributed by atoms with E-state index in [9.17, 15) is 9.59 Å². The molecule has 0 aliphatic rings. The van der Waals surface area contributed by atoms with E-state index in [2.05, 4.69) is 9.97 Å². The van der Waals surface area contributed by atoms with Crippen LogP contribution in [-0.4, -0.2) is 21.9 Å². The highest BCUT2D eigenvalue weighted by molar-refractivity contribution is 5.70. The Morgan fingerprint density at radius 2 is 1.14 bits per heavy atom. The van der Waals surface area contributed by atoms with Crippen molar-refractivity contribution in [2.45, 2.75) is 27.7 Å². The molecular formula is C16H16N2O4. The third kappa shape index (κ3) is 3.66. The van der Waals surface area contributed by atoms with Crippen LogP contribution in [0.2, 0.25) is 0 Å². The van der Waals surface area contributed by atoms with Crippen LogP contribution in [0.5, 0.6) is 11.8 Å². The quantitative estimate of drug-likeness (QED) is 0.811. The first-order valence-electron chi connectivity index (χ1n) is 6.69. The summed E-state index contributed by atoms with van der Waals surface area (Å²) in [5, 5.41) is 0. The number of carbonyl (C=O) groups excluding carboxylic acids is 2. The van der Waals surface area contributed by atoms with Crippen LogP contribution in [0.15, 0.2) is 24.3 Å². The number of carbonyl (C=O) groups is 2. The summed E-state index contributed by atoms with van der Waals surface area (Å²) in [5.41, 5.74) is 2.53. The highest BCUT2D eigenvalue weighted by Gasteiger charge is 2.11. The van der Waals surface area contributed by atoms with Crippen molar-refractivity contribution in [3.63, 3.8) is 0 Å². The van der Waals surface area contributed by atoms with Crippen molar-refractivity contribution in [1.82, 2.24) is 9.97 Å². The van der Waals surface area contributed by atoms with E-state index in [1.54, 1.807) is 38.1 Å². The Bertz CT molecular complexity index is 677. The average Bonchev–Trinajstić information content (AvgIpc) is 2.43. The van der Waals surface area contributed by atoms with E-state index in [0.29, 0.717) is 11.4 Å². The van der Waals surface area contributed by atoms with E-state index in [1.807, 2.05) is 0 Å². The summed E-state index contributed by atoms with van der Waals surface area (Å²) < 4.78 is 10.1. The number of aromatic nitrogens is 2. The molecule has 6 nitrogen and oxygen atoms in total. The summed E-state index contributed by atoms with van der Waals surface area (Å²) >= 11 is 0. The van der Waals surface area contributed by atoms with Crippen LogP contribution >= 0.6 is 0 Å². The molecule has 0 unspecified atom stereocenters. The average molecular weight is 300 g/mol. The van der Waals surface area contributed by atoms with Crippen molar-refractivity contribution in [2.24, 2.45) is 0 Å². The Morgan fingerprint density at radius 1 is 0.773 bits per heavy atom. The minimum atomic E-state index is -0.440. The Kier molecular flexibility index (Phi) is 4.50. The van der Waals surface area contributed by atoms with Gasteiger partial charge in [-0.15, -0.1) is 0 Å². The zero-order valence-corrected chi connectivity index (χ0v) is 12.8. The largest absolute Gasteiger partial charge is 0.407 e.